The second-order valence-corrected chi connectivity index (χ2v) is 10.4. The fraction of sp³-hybridized carbons (Fsp3) is 0.500. The fourth-order valence-corrected chi connectivity index (χ4v) is 5.13. The molecule has 0 aliphatic heterocycles. The number of para-hydroxylation sites is 1. The SMILES string of the molecule is CCCCCn1c(-c2cc(OCC(O)COC(=O)C3CC(C)C3C)ccc2C(F)(F)F)cc2ccccc21. The first-order chi connectivity index (χ1) is 18.1. The number of aromatic nitrogens is 1. The number of esters is 1. The maximum atomic E-state index is 14.1. The molecule has 1 aromatic heterocycles. The van der Waals surface area contributed by atoms with Gasteiger partial charge in [0.15, 0.2) is 0 Å². The molecule has 3 aromatic rings. The molecule has 1 aliphatic rings. The number of halogens is 3. The molecule has 2 aromatic carbocycles. The van der Waals surface area contributed by atoms with E-state index >= 15 is 0 Å². The van der Waals surface area contributed by atoms with Crippen molar-refractivity contribution in [2.75, 3.05) is 13.2 Å². The quantitative estimate of drug-likeness (QED) is 0.212. The first kappa shape index (κ1) is 28.0. The maximum absolute atomic E-state index is 14.1. The molecule has 5 nitrogen and oxygen atoms in total. The summed E-state index contributed by atoms with van der Waals surface area (Å²) in [7, 11) is 0. The lowest BCUT2D eigenvalue weighted by Crippen LogP contribution is -2.40. The second-order valence-electron chi connectivity index (χ2n) is 10.4. The van der Waals surface area contributed by atoms with Gasteiger partial charge in [0.25, 0.3) is 0 Å². The third-order valence-corrected chi connectivity index (χ3v) is 7.69. The van der Waals surface area contributed by atoms with Crippen LogP contribution in [0.3, 0.4) is 0 Å². The van der Waals surface area contributed by atoms with E-state index in [1.54, 1.807) is 6.07 Å². The van der Waals surface area contributed by atoms with Crippen LogP contribution in [0.4, 0.5) is 13.2 Å². The van der Waals surface area contributed by atoms with Crippen LogP contribution in [0.15, 0.2) is 48.5 Å². The fourth-order valence-electron chi connectivity index (χ4n) is 5.13. The van der Waals surface area contributed by atoms with Crippen molar-refractivity contribution in [2.45, 2.75) is 65.3 Å². The number of rotatable bonds is 11. The van der Waals surface area contributed by atoms with Crippen LogP contribution in [0.1, 0.15) is 52.0 Å². The zero-order chi connectivity index (χ0) is 27.4. The smallest absolute Gasteiger partial charge is 0.417 e. The van der Waals surface area contributed by atoms with Crippen molar-refractivity contribution in [1.29, 1.82) is 0 Å². The summed E-state index contributed by atoms with van der Waals surface area (Å²) in [6, 6.07) is 13.0. The molecule has 38 heavy (non-hydrogen) atoms. The molecule has 1 heterocycles. The van der Waals surface area contributed by atoms with Gasteiger partial charge in [0.05, 0.1) is 11.5 Å². The van der Waals surface area contributed by atoms with Gasteiger partial charge in [0, 0.05) is 28.7 Å². The molecule has 1 aliphatic carbocycles. The molecule has 0 spiro atoms. The molecule has 4 atom stereocenters. The summed E-state index contributed by atoms with van der Waals surface area (Å²) >= 11 is 0. The van der Waals surface area contributed by atoms with E-state index in [9.17, 15) is 23.1 Å². The summed E-state index contributed by atoms with van der Waals surface area (Å²) < 4.78 is 55.0. The van der Waals surface area contributed by atoms with Crippen molar-refractivity contribution < 1.29 is 32.5 Å². The molecule has 4 unspecified atom stereocenters. The highest BCUT2D eigenvalue weighted by Crippen LogP contribution is 2.42. The van der Waals surface area contributed by atoms with Crippen molar-refractivity contribution in [2.24, 2.45) is 17.8 Å². The topological polar surface area (TPSA) is 60.7 Å². The van der Waals surface area contributed by atoms with Crippen molar-refractivity contribution in [3.63, 3.8) is 0 Å². The number of aliphatic hydroxyl groups is 1. The monoisotopic (exact) mass is 531 g/mol. The van der Waals surface area contributed by atoms with E-state index in [4.69, 9.17) is 9.47 Å². The highest BCUT2D eigenvalue weighted by molar-refractivity contribution is 5.88. The average Bonchev–Trinajstić information content (AvgIpc) is 3.26. The number of unbranched alkanes of at least 4 members (excludes halogenated alkanes) is 2. The third-order valence-electron chi connectivity index (χ3n) is 7.69. The third kappa shape index (κ3) is 6.17. The van der Waals surface area contributed by atoms with Gasteiger partial charge in [-0.1, -0.05) is 51.8 Å². The van der Waals surface area contributed by atoms with Crippen molar-refractivity contribution in [3.8, 4) is 17.0 Å². The van der Waals surface area contributed by atoms with Crippen LogP contribution < -0.4 is 4.74 Å². The molecule has 8 heteroatoms. The Morgan fingerprint density at radius 3 is 2.55 bits per heavy atom. The summed E-state index contributed by atoms with van der Waals surface area (Å²) in [6.45, 7) is 6.33. The van der Waals surface area contributed by atoms with Gasteiger partial charge in [-0.25, -0.2) is 0 Å². The van der Waals surface area contributed by atoms with E-state index in [1.807, 2.05) is 35.8 Å². The minimum absolute atomic E-state index is 0.0247. The van der Waals surface area contributed by atoms with E-state index in [0.29, 0.717) is 18.2 Å². The molecular formula is C30H36F3NO4. The van der Waals surface area contributed by atoms with Gasteiger partial charge in [0.2, 0.25) is 0 Å². The molecule has 4 rings (SSSR count). The Kier molecular flexibility index (Phi) is 8.71. The van der Waals surface area contributed by atoms with E-state index < -0.39 is 17.8 Å². The van der Waals surface area contributed by atoms with Crippen LogP contribution in [0.25, 0.3) is 22.2 Å². The molecular weight excluding hydrogens is 495 g/mol. The molecule has 0 saturated heterocycles. The van der Waals surface area contributed by atoms with Gasteiger partial charge in [-0.15, -0.1) is 0 Å². The van der Waals surface area contributed by atoms with E-state index in [-0.39, 0.29) is 42.3 Å². The predicted molar refractivity (Wildman–Crippen MR) is 141 cm³/mol. The predicted octanol–water partition coefficient (Wildman–Crippen LogP) is 7.09. The van der Waals surface area contributed by atoms with Crippen molar-refractivity contribution in [3.05, 3.63) is 54.1 Å². The van der Waals surface area contributed by atoms with E-state index in [0.717, 1.165) is 42.7 Å². The van der Waals surface area contributed by atoms with Gasteiger partial charge in [-0.05, 0) is 55.0 Å². The number of hydrogen-bond acceptors (Lipinski definition) is 4. The lowest BCUT2D eigenvalue weighted by molar-refractivity contribution is -0.160. The largest absolute Gasteiger partial charge is 0.491 e. The molecule has 206 valence electrons. The Bertz CT molecular complexity index is 1250. The lowest BCUT2D eigenvalue weighted by atomic mass is 9.67. The number of aliphatic hydroxyl groups excluding tert-OH is 1. The number of carbonyl (C=O) groups is 1. The van der Waals surface area contributed by atoms with Gasteiger partial charge < -0.3 is 19.1 Å². The highest BCUT2D eigenvalue weighted by atomic mass is 19.4. The van der Waals surface area contributed by atoms with Crippen LogP contribution >= 0.6 is 0 Å². The Hall–Kier alpha value is -3.00. The number of aryl methyl sites for hydroxylation is 1. The molecule has 1 saturated carbocycles. The standard InChI is InChI=1S/C30H36F3NO4/c1-4-5-8-13-34-27-10-7-6-9-21(27)15-28(34)25-16-23(11-12-26(25)30(31,32)33)37-17-22(35)18-38-29(36)24-14-19(2)20(24)3/h6-7,9-12,15-16,19-20,22,24,35H,4-5,8,13-14,17-18H2,1-3H3. The Morgan fingerprint density at radius 1 is 1.11 bits per heavy atom. The molecule has 0 bridgehead atoms. The van der Waals surface area contributed by atoms with Crippen LogP contribution in [0, 0.1) is 17.8 Å². The Balaban J connectivity index is 1.53. The summed E-state index contributed by atoms with van der Waals surface area (Å²) in [5, 5.41) is 11.2. The Morgan fingerprint density at radius 2 is 1.87 bits per heavy atom. The van der Waals surface area contributed by atoms with Crippen LogP contribution in [0.2, 0.25) is 0 Å². The molecule has 0 amide bonds. The van der Waals surface area contributed by atoms with Gasteiger partial charge in [-0.3, -0.25) is 4.79 Å². The number of benzene rings is 2. The van der Waals surface area contributed by atoms with E-state index in [1.165, 1.54) is 12.1 Å². The number of carbonyl (C=O) groups excluding carboxylic acids is 1. The zero-order valence-corrected chi connectivity index (χ0v) is 22.1. The van der Waals surface area contributed by atoms with Gasteiger partial charge >= 0.3 is 12.1 Å². The van der Waals surface area contributed by atoms with E-state index in [2.05, 4.69) is 13.8 Å². The van der Waals surface area contributed by atoms with Gasteiger partial charge in [0.1, 0.15) is 25.1 Å². The molecule has 0 radical (unpaired) electrons. The maximum Gasteiger partial charge on any atom is 0.417 e. The van der Waals surface area contributed by atoms with Crippen LogP contribution in [0.5, 0.6) is 5.75 Å². The number of fused-ring (bicyclic) bond motifs is 1. The first-order valence-electron chi connectivity index (χ1n) is 13.4. The first-order valence-corrected chi connectivity index (χ1v) is 13.4. The minimum Gasteiger partial charge on any atom is -0.491 e. The average molecular weight is 532 g/mol. The van der Waals surface area contributed by atoms with Crippen LogP contribution in [-0.2, 0) is 22.3 Å². The number of nitrogens with zero attached hydrogens (tertiary/aromatic N) is 1. The number of ether oxygens (including phenoxy) is 2. The highest BCUT2D eigenvalue weighted by Gasteiger charge is 2.40. The zero-order valence-electron chi connectivity index (χ0n) is 22.1. The molecule has 1 fully saturated rings. The number of alkyl halides is 3. The van der Waals surface area contributed by atoms with Gasteiger partial charge in [-0.2, -0.15) is 13.2 Å². The molecule has 1 N–H and O–H groups in total. The van der Waals surface area contributed by atoms with Crippen molar-refractivity contribution >= 4 is 16.9 Å². The Labute approximate surface area is 221 Å². The second kappa shape index (κ2) is 11.8. The summed E-state index contributed by atoms with van der Waals surface area (Å²) in [6.07, 6.45) is -2.05. The lowest BCUT2D eigenvalue weighted by Gasteiger charge is -2.38. The summed E-state index contributed by atoms with van der Waals surface area (Å²) in [5.74, 6) is 0.436. The summed E-state index contributed by atoms with van der Waals surface area (Å²) in [4.78, 5) is 12.2. The normalized spacial score (nSPS) is 20.2. The minimum atomic E-state index is -4.55. The summed E-state index contributed by atoms with van der Waals surface area (Å²) in [5.41, 5.74) is 0.628. The number of hydrogen-bond donors (Lipinski definition) is 1. The van der Waals surface area contributed by atoms with Crippen molar-refractivity contribution in [1.82, 2.24) is 4.57 Å². The van der Waals surface area contributed by atoms with Crippen LogP contribution in [-0.4, -0.2) is 35.0 Å².